The molecule has 2 aliphatic heterocycles. The van der Waals surface area contributed by atoms with Crippen LogP contribution < -0.4 is 4.90 Å². The van der Waals surface area contributed by atoms with Crippen molar-refractivity contribution in [3.63, 3.8) is 0 Å². The Bertz CT molecular complexity index is 795. The van der Waals surface area contributed by atoms with Crippen molar-refractivity contribution in [1.82, 2.24) is 4.90 Å². The third-order valence-corrected chi connectivity index (χ3v) is 5.69. The monoisotopic (exact) mass is 296 g/mol. The number of benzene rings is 1. The third kappa shape index (κ3) is 1.30. The molecule has 1 aromatic heterocycles. The summed E-state index contributed by atoms with van der Waals surface area (Å²) >= 11 is 1.57. The van der Waals surface area contributed by atoms with Crippen molar-refractivity contribution in [2.45, 2.75) is 18.5 Å². The molecule has 2 fully saturated rings. The fourth-order valence-electron chi connectivity index (χ4n) is 3.82. The maximum Gasteiger partial charge on any atom is 0.332 e. The lowest BCUT2D eigenvalue weighted by Gasteiger charge is -2.22. The molecule has 2 unspecified atom stereocenters. The van der Waals surface area contributed by atoms with Gasteiger partial charge in [-0.1, -0.05) is 30.4 Å². The minimum absolute atomic E-state index is 0.0691. The van der Waals surface area contributed by atoms with Gasteiger partial charge in [-0.3, -0.25) is 4.79 Å². The second-order valence-electron chi connectivity index (χ2n) is 5.78. The van der Waals surface area contributed by atoms with Gasteiger partial charge in [0, 0.05) is 21.4 Å². The first kappa shape index (κ1) is 11.5. The van der Waals surface area contributed by atoms with Crippen LogP contribution in [0.5, 0.6) is 0 Å². The molecule has 1 aromatic carbocycles. The Hall–Kier alpha value is -2.14. The van der Waals surface area contributed by atoms with E-state index in [1.807, 2.05) is 29.6 Å². The molecule has 5 heteroatoms. The molecule has 0 spiro atoms. The summed E-state index contributed by atoms with van der Waals surface area (Å²) in [5, 5.41) is 2.89. The molecule has 2 saturated heterocycles. The number of amides is 3. The number of hydrogen-bond donors (Lipinski definition) is 0. The molecule has 0 saturated carbocycles. The van der Waals surface area contributed by atoms with E-state index >= 15 is 0 Å². The van der Waals surface area contributed by atoms with Crippen molar-refractivity contribution in [2.24, 2.45) is 5.92 Å². The van der Waals surface area contributed by atoms with Crippen molar-refractivity contribution >= 4 is 39.0 Å². The summed E-state index contributed by atoms with van der Waals surface area (Å²) in [6, 6.07) is 7.55. The number of nitrogens with zero attached hydrogens (tertiary/aromatic N) is 2. The molecular weight excluding hydrogens is 284 g/mol. The summed E-state index contributed by atoms with van der Waals surface area (Å²) in [5.41, 5.74) is 0.736. The molecule has 3 atom stereocenters. The second kappa shape index (κ2) is 3.74. The number of carbonyl (C=O) groups is 2. The lowest BCUT2D eigenvalue weighted by molar-refractivity contribution is -0.119. The number of fused-ring (bicyclic) bond motifs is 6. The van der Waals surface area contributed by atoms with E-state index in [0.717, 1.165) is 22.2 Å². The highest BCUT2D eigenvalue weighted by molar-refractivity contribution is 7.17. The topological polar surface area (TPSA) is 40.6 Å². The summed E-state index contributed by atoms with van der Waals surface area (Å²) in [7, 11) is 0. The Balaban J connectivity index is 1.65. The number of anilines is 1. The Morgan fingerprint density at radius 2 is 2.00 bits per heavy atom. The van der Waals surface area contributed by atoms with E-state index in [0.29, 0.717) is 0 Å². The first-order chi connectivity index (χ1) is 10.3. The van der Waals surface area contributed by atoms with Gasteiger partial charge in [0.05, 0.1) is 11.7 Å². The predicted octanol–water partition coefficient (Wildman–Crippen LogP) is 3.00. The maximum absolute atomic E-state index is 12.8. The second-order valence-corrected chi connectivity index (χ2v) is 6.69. The average molecular weight is 296 g/mol. The molecule has 2 aromatic rings. The van der Waals surface area contributed by atoms with Gasteiger partial charge in [-0.05, 0) is 12.5 Å². The molecule has 104 valence electrons. The first-order valence-corrected chi connectivity index (χ1v) is 7.94. The first-order valence-electron chi connectivity index (χ1n) is 7.06. The zero-order valence-corrected chi connectivity index (χ0v) is 11.9. The van der Waals surface area contributed by atoms with Crippen LogP contribution in [0.3, 0.4) is 0 Å². The van der Waals surface area contributed by atoms with Gasteiger partial charge < -0.3 is 4.90 Å². The fraction of sp³-hybridized carbons (Fsp3) is 0.250. The zero-order valence-electron chi connectivity index (χ0n) is 11.1. The Morgan fingerprint density at radius 3 is 2.86 bits per heavy atom. The van der Waals surface area contributed by atoms with Gasteiger partial charge in [-0.2, -0.15) is 0 Å². The lowest BCUT2D eigenvalue weighted by Crippen LogP contribution is -2.38. The van der Waals surface area contributed by atoms with E-state index in [9.17, 15) is 9.59 Å². The van der Waals surface area contributed by atoms with Crippen molar-refractivity contribution < 1.29 is 9.59 Å². The van der Waals surface area contributed by atoms with E-state index in [4.69, 9.17) is 0 Å². The molecule has 0 N–H and O–H groups in total. The molecule has 0 radical (unpaired) electrons. The third-order valence-electron chi connectivity index (χ3n) is 4.74. The minimum Gasteiger partial charge on any atom is -0.305 e. The SMILES string of the molecule is O=C1[C@H]2C3C=CC(C3)N2C(=O)N1c1csc2ccccc12. The van der Waals surface area contributed by atoms with E-state index in [-0.39, 0.29) is 29.9 Å². The summed E-state index contributed by atoms with van der Waals surface area (Å²) in [4.78, 5) is 28.6. The molecule has 5 rings (SSSR count). The van der Waals surface area contributed by atoms with E-state index in [1.165, 1.54) is 4.90 Å². The van der Waals surface area contributed by atoms with Gasteiger partial charge in [0.2, 0.25) is 0 Å². The smallest absolute Gasteiger partial charge is 0.305 e. The highest BCUT2D eigenvalue weighted by Gasteiger charge is 2.57. The summed E-state index contributed by atoms with van der Waals surface area (Å²) < 4.78 is 1.10. The average Bonchev–Trinajstić information content (AvgIpc) is 3.23. The van der Waals surface area contributed by atoms with Gasteiger partial charge in [0.1, 0.15) is 6.04 Å². The van der Waals surface area contributed by atoms with E-state index in [1.54, 1.807) is 16.2 Å². The van der Waals surface area contributed by atoms with Crippen molar-refractivity contribution in [2.75, 3.05) is 4.90 Å². The Morgan fingerprint density at radius 1 is 1.14 bits per heavy atom. The number of urea groups is 1. The lowest BCUT2D eigenvalue weighted by atomic mass is 10.0. The number of thiophene rings is 1. The normalized spacial score (nSPS) is 30.0. The largest absolute Gasteiger partial charge is 0.332 e. The van der Waals surface area contributed by atoms with E-state index in [2.05, 4.69) is 12.2 Å². The van der Waals surface area contributed by atoms with Crippen LogP contribution in [0.15, 0.2) is 41.8 Å². The molecule has 4 nitrogen and oxygen atoms in total. The highest BCUT2D eigenvalue weighted by atomic mass is 32.1. The molecule has 21 heavy (non-hydrogen) atoms. The Kier molecular flexibility index (Phi) is 2.05. The van der Waals surface area contributed by atoms with Gasteiger partial charge in [0.25, 0.3) is 5.91 Å². The van der Waals surface area contributed by atoms with Crippen LogP contribution in [-0.2, 0) is 4.79 Å². The molecule has 1 aliphatic carbocycles. The summed E-state index contributed by atoms with van der Waals surface area (Å²) in [6.45, 7) is 0. The van der Waals surface area contributed by atoms with Crippen LogP contribution in [-0.4, -0.2) is 28.9 Å². The summed E-state index contributed by atoms with van der Waals surface area (Å²) in [6.07, 6.45) is 5.05. The zero-order chi connectivity index (χ0) is 14.1. The van der Waals surface area contributed by atoms with Gasteiger partial charge in [0.15, 0.2) is 0 Å². The van der Waals surface area contributed by atoms with Gasteiger partial charge in [-0.25, -0.2) is 9.69 Å². The molecular formula is C16H12N2O2S. The van der Waals surface area contributed by atoms with Crippen LogP contribution in [0, 0.1) is 5.92 Å². The number of hydrogen-bond acceptors (Lipinski definition) is 3. The van der Waals surface area contributed by atoms with Crippen molar-refractivity contribution in [3.05, 3.63) is 41.8 Å². The molecule has 3 aliphatic rings. The Labute approximate surface area is 125 Å². The number of imide groups is 1. The van der Waals surface area contributed by atoms with Crippen LogP contribution in [0.4, 0.5) is 10.5 Å². The fourth-order valence-corrected chi connectivity index (χ4v) is 4.75. The molecule has 3 amide bonds. The van der Waals surface area contributed by atoms with Crippen molar-refractivity contribution in [3.8, 4) is 0 Å². The highest BCUT2D eigenvalue weighted by Crippen LogP contribution is 2.45. The van der Waals surface area contributed by atoms with Gasteiger partial charge in [-0.15, -0.1) is 11.3 Å². The molecule has 3 heterocycles. The summed E-state index contributed by atoms with van der Waals surface area (Å²) in [5.74, 6) is 0.127. The van der Waals surface area contributed by atoms with E-state index < -0.39 is 0 Å². The van der Waals surface area contributed by atoms with Crippen LogP contribution in [0.1, 0.15) is 6.42 Å². The van der Waals surface area contributed by atoms with Crippen LogP contribution in [0.2, 0.25) is 0 Å². The maximum atomic E-state index is 12.8. The number of carbonyl (C=O) groups excluding carboxylic acids is 2. The van der Waals surface area contributed by atoms with Crippen LogP contribution in [0.25, 0.3) is 10.1 Å². The van der Waals surface area contributed by atoms with Crippen molar-refractivity contribution in [1.29, 1.82) is 0 Å². The number of rotatable bonds is 1. The standard InChI is InChI=1S/C16H12N2O2S/c19-15-14-9-5-6-10(7-9)17(14)16(20)18(15)12-8-21-13-4-2-1-3-11(12)13/h1-6,8-10,14H,7H2/t9?,10?,14-/m1/s1. The quantitative estimate of drug-likeness (QED) is 0.599. The predicted molar refractivity (Wildman–Crippen MR) is 81.4 cm³/mol. The minimum atomic E-state index is -0.286. The molecule has 2 bridgehead atoms. The van der Waals surface area contributed by atoms with Crippen LogP contribution >= 0.6 is 11.3 Å². The van der Waals surface area contributed by atoms with Gasteiger partial charge >= 0.3 is 6.03 Å².